The number of benzene rings is 1. The maximum atomic E-state index is 4.87. The van der Waals surface area contributed by atoms with Gasteiger partial charge in [-0.2, -0.15) is 0 Å². The van der Waals surface area contributed by atoms with Gasteiger partial charge in [0.05, 0.1) is 11.7 Å². The van der Waals surface area contributed by atoms with Crippen molar-refractivity contribution in [3.8, 4) is 11.1 Å². The van der Waals surface area contributed by atoms with Crippen molar-refractivity contribution in [2.24, 2.45) is 0 Å². The molecular weight excluding hydrogens is 354 g/mol. The second kappa shape index (κ2) is 6.78. The van der Waals surface area contributed by atoms with E-state index in [1.807, 2.05) is 19.4 Å². The minimum atomic E-state index is 0.526. The Balaban J connectivity index is 1.52. The Morgan fingerprint density at radius 3 is 2.63 bits per heavy atom. The number of nitrogens with zero attached hydrogens (tertiary/aromatic N) is 5. The number of imidazole rings is 1. The number of rotatable bonds is 3. The molecule has 0 atom stereocenters. The van der Waals surface area contributed by atoms with Crippen molar-refractivity contribution in [2.45, 2.75) is 25.8 Å². The lowest BCUT2D eigenvalue weighted by Gasteiger charge is -2.33. The Morgan fingerprint density at radius 2 is 1.89 bits per heavy atom. The van der Waals surface area contributed by atoms with Crippen molar-refractivity contribution in [3.05, 3.63) is 60.3 Å². The standard InChI is InChI=1S/C21H21N5S/c1-15-23-20(25-10-7-17(8-11-25)26-12-9-22-14-26)19-18(13-27-21(19)24-15)16-5-3-2-4-6-16/h2-6,9,12-14,17H,7-8,10-11H2,1H3. The molecule has 27 heavy (non-hydrogen) atoms. The van der Waals surface area contributed by atoms with Crippen LogP contribution in [0.4, 0.5) is 5.82 Å². The van der Waals surface area contributed by atoms with E-state index in [0.29, 0.717) is 6.04 Å². The predicted molar refractivity (Wildman–Crippen MR) is 110 cm³/mol. The van der Waals surface area contributed by atoms with Crippen LogP contribution in [0.2, 0.25) is 0 Å². The van der Waals surface area contributed by atoms with E-state index in [4.69, 9.17) is 9.97 Å². The van der Waals surface area contributed by atoms with Gasteiger partial charge in [-0.15, -0.1) is 11.3 Å². The zero-order chi connectivity index (χ0) is 18.2. The van der Waals surface area contributed by atoms with Gasteiger partial charge in [0, 0.05) is 42.5 Å². The molecule has 3 aromatic heterocycles. The van der Waals surface area contributed by atoms with Gasteiger partial charge in [0.25, 0.3) is 0 Å². The molecule has 5 rings (SSSR count). The summed E-state index contributed by atoms with van der Waals surface area (Å²) in [6.07, 6.45) is 8.07. The van der Waals surface area contributed by atoms with E-state index < -0.39 is 0 Å². The largest absolute Gasteiger partial charge is 0.356 e. The van der Waals surface area contributed by atoms with Crippen molar-refractivity contribution in [1.82, 2.24) is 19.5 Å². The molecule has 0 aliphatic carbocycles. The molecule has 0 unspecified atom stereocenters. The second-order valence-electron chi connectivity index (χ2n) is 7.02. The highest BCUT2D eigenvalue weighted by Crippen LogP contribution is 2.39. The lowest BCUT2D eigenvalue weighted by atomic mass is 10.0. The molecule has 1 aromatic carbocycles. The maximum absolute atomic E-state index is 4.87. The summed E-state index contributed by atoms with van der Waals surface area (Å²) in [5, 5.41) is 3.41. The van der Waals surface area contributed by atoms with Gasteiger partial charge in [0.2, 0.25) is 0 Å². The molecular formula is C21H21N5S. The first-order chi connectivity index (χ1) is 13.3. The van der Waals surface area contributed by atoms with Crippen LogP contribution >= 0.6 is 11.3 Å². The van der Waals surface area contributed by atoms with E-state index in [-0.39, 0.29) is 0 Å². The molecule has 4 heterocycles. The number of hydrogen-bond acceptors (Lipinski definition) is 5. The molecule has 1 saturated heterocycles. The van der Waals surface area contributed by atoms with Gasteiger partial charge in [0.1, 0.15) is 16.5 Å². The summed E-state index contributed by atoms with van der Waals surface area (Å²) in [6, 6.07) is 11.1. The second-order valence-corrected chi connectivity index (χ2v) is 7.88. The number of anilines is 1. The van der Waals surface area contributed by atoms with Gasteiger partial charge < -0.3 is 9.47 Å². The number of thiophene rings is 1. The minimum absolute atomic E-state index is 0.526. The molecule has 1 aliphatic heterocycles. The van der Waals surface area contributed by atoms with Crippen molar-refractivity contribution in [2.75, 3.05) is 18.0 Å². The fourth-order valence-electron chi connectivity index (χ4n) is 3.95. The van der Waals surface area contributed by atoms with Gasteiger partial charge in [-0.05, 0) is 25.3 Å². The monoisotopic (exact) mass is 375 g/mol. The Labute approximate surface area is 162 Å². The van der Waals surface area contributed by atoms with Gasteiger partial charge in [-0.3, -0.25) is 0 Å². The topological polar surface area (TPSA) is 46.8 Å². The maximum Gasteiger partial charge on any atom is 0.141 e. The summed E-state index contributed by atoms with van der Waals surface area (Å²) in [5.74, 6) is 1.93. The first kappa shape index (κ1) is 16.4. The van der Waals surface area contributed by atoms with Crippen LogP contribution in [0.15, 0.2) is 54.4 Å². The molecule has 0 radical (unpaired) electrons. The fraction of sp³-hybridized carbons (Fsp3) is 0.286. The Morgan fingerprint density at radius 1 is 1.07 bits per heavy atom. The van der Waals surface area contributed by atoms with Crippen LogP contribution in [-0.2, 0) is 0 Å². The molecule has 5 nitrogen and oxygen atoms in total. The van der Waals surface area contributed by atoms with Crippen LogP contribution in [0.25, 0.3) is 21.3 Å². The van der Waals surface area contributed by atoms with Gasteiger partial charge in [-0.25, -0.2) is 15.0 Å². The number of fused-ring (bicyclic) bond motifs is 1. The van der Waals surface area contributed by atoms with E-state index in [1.165, 1.54) is 16.5 Å². The zero-order valence-electron chi connectivity index (χ0n) is 15.2. The van der Waals surface area contributed by atoms with Gasteiger partial charge in [-0.1, -0.05) is 30.3 Å². The average Bonchev–Trinajstić information content (AvgIpc) is 3.38. The third-order valence-electron chi connectivity index (χ3n) is 5.32. The molecule has 0 N–H and O–H groups in total. The summed E-state index contributed by atoms with van der Waals surface area (Å²) in [5.41, 5.74) is 2.47. The number of hydrogen-bond donors (Lipinski definition) is 0. The lowest BCUT2D eigenvalue weighted by molar-refractivity contribution is 0.395. The molecule has 0 saturated carbocycles. The zero-order valence-corrected chi connectivity index (χ0v) is 16.1. The summed E-state index contributed by atoms with van der Waals surface area (Å²) >= 11 is 1.71. The van der Waals surface area contributed by atoms with E-state index >= 15 is 0 Å². The minimum Gasteiger partial charge on any atom is -0.356 e. The molecule has 1 aliphatic rings. The molecule has 4 aromatic rings. The fourth-order valence-corrected chi connectivity index (χ4v) is 4.93. The number of piperidine rings is 1. The van der Waals surface area contributed by atoms with Crippen molar-refractivity contribution >= 4 is 27.4 Å². The quantitative estimate of drug-likeness (QED) is 0.520. The van der Waals surface area contributed by atoms with E-state index in [9.17, 15) is 0 Å². The van der Waals surface area contributed by atoms with Gasteiger partial charge >= 0.3 is 0 Å². The van der Waals surface area contributed by atoms with Gasteiger partial charge in [0.15, 0.2) is 0 Å². The molecule has 6 heteroatoms. The van der Waals surface area contributed by atoms with E-state index in [0.717, 1.165) is 42.4 Å². The number of aromatic nitrogens is 4. The van der Waals surface area contributed by atoms with Crippen LogP contribution < -0.4 is 4.90 Å². The Bertz CT molecular complexity index is 1050. The van der Waals surface area contributed by atoms with E-state index in [1.54, 1.807) is 11.3 Å². The third kappa shape index (κ3) is 3.00. The molecule has 0 spiro atoms. The summed E-state index contributed by atoms with van der Waals surface area (Å²) in [7, 11) is 0. The van der Waals surface area contributed by atoms with Crippen LogP contribution in [0.1, 0.15) is 24.7 Å². The van der Waals surface area contributed by atoms with E-state index in [2.05, 4.69) is 56.4 Å². The van der Waals surface area contributed by atoms with Crippen molar-refractivity contribution in [3.63, 3.8) is 0 Å². The summed E-state index contributed by atoms with van der Waals surface area (Å²) in [6.45, 7) is 3.99. The highest BCUT2D eigenvalue weighted by Gasteiger charge is 2.24. The molecule has 1 fully saturated rings. The first-order valence-corrected chi connectivity index (χ1v) is 10.2. The highest BCUT2D eigenvalue weighted by molar-refractivity contribution is 7.17. The normalized spacial score (nSPS) is 15.5. The summed E-state index contributed by atoms with van der Waals surface area (Å²) < 4.78 is 2.23. The third-order valence-corrected chi connectivity index (χ3v) is 6.19. The SMILES string of the molecule is Cc1nc(N2CCC(n3ccnc3)CC2)c2c(-c3ccccc3)csc2n1. The summed E-state index contributed by atoms with van der Waals surface area (Å²) in [4.78, 5) is 17.3. The predicted octanol–water partition coefficient (Wildman–Crippen LogP) is 4.70. The molecule has 0 bridgehead atoms. The van der Waals surface area contributed by atoms with Crippen molar-refractivity contribution < 1.29 is 0 Å². The molecule has 136 valence electrons. The smallest absolute Gasteiger partial charge is 0.141 e. The first-order valence-electron chi connectivity index (χ1n) is 9.33. The van der Waals surface area contributed by atoms with Crippen LogP contribution in [0.5, 0.6) is 0 Å². The Hall–Kier alpha value is -2.73. The van der Waals surface area contributed by atoms with Crippen LogP contribution in [-0.4, -0.2) is 32.6 Å². The van der Waals surface area contributed by atoms with Crippen molar-refractivity contribution in [1.29, 1.82) is 0 Å². The molecule has 0 amide bonds. The number of aryl methyl sites for hydroxylation is 1. The Kier molecular flexibility index (Phi) is 4.13. The lowest BCUT2D eigenvalue weighted by Crippen LogP contribution is -2.35. The average molecular weight is 376 g/mol. The highest BCUT2D eigenvalue weighted by atomic mass is 32.1. The van der Waals surface area contributed by atoms with Crippen LogP contribution in [0.3, 0.4) is 0 Å². The van der Waals surface area contributed by atoms with Crippen LogP contribution in [0, 0.1) is 6.92 Å².